The molecule has 1 aliphatic heterocycles. The molecule has 36 heavy (non-hydrogen) atoms. The highest BCUT2D eigenvalue weighted by molar-refractivity contribution is 5.95. The SMILES string of the molecule is C=C[C@@H]1C[C@]1(NC(=O)[C@@H]1C[C@@H](n2nnc(-c3ccccc3)n2)CN1C(=O)OC(C)(C)C)C(=O)OCC. The van der Waals surface area contributed by atoms with Crippen LogP contribution in [0.2, 0.25) is 0 Å². The molecule has 0 radical (unpaired) electrons. The van der Waals surface area contributed by atoms with Crippen LogP contribution in [0.3, 0.4) is 0 Å². The van der Waals surface area contributed by atoms with Crippen molar-refractivity contribution in [3.8, 4) is 11.4 Å². The number of nitrogens with zero attached hydrogens (tertiary/aromatic N) is 5. The fraction of sp³-hybridized carbons (Fsp3) is 0.520. The molecule has 1 saturated carbocycles. The maximum atomic E-state index is 13.5. The zero-order valence-electron chi connectivity index (χ0n) is 21.0. The van der Waals surface area contributed by atoms with Crippen LogP contribution in [0.1, 0.15) is 46.6 Å². The van der Waals surface area contributed by atoms with E-state index in [0.29, 0.717) is 12.2 Å². The first kappa shape index (κ1) is 25.3. The molecule has 2 amide bonds. The second-order valence-corrected chi connectivity index (χ2v) is 10.1. The van der Waals surface area contributed by atoms with Crippen LogP contribution in [0.25, 0.3) is 11.4 Å². The lowest BCUT2D eigenvalue weighted by Gasteiger charge is -2.29. The van der Waals surface area contributed by atoms with Gasteiger partial charge in [-0.3, -0.25) is 9.69 Å². The van der Waals surface area contributed by atoms with E-state index < -0.39 is 41.2 Å². The summed E-state index contributed by atoms with van der Waals surface area (Å²) in [6.45, 7) is 11.1. The number of esters is 1. The number of tetrazole rings is 1. The monoisotopic (exact) mass is 496 g/mol. The second kappa shape index (κ2) is 9.71. The predicted molar refractivity (Wildman–Crippen MR) is 129 cm³/mol. The van der Waals surface area contributed by atoms with Crippen LogP contribution in [-0.2, 0) is 19.1 Å². The van der Waals surface area contributed by atoms with Gasteiger partial charge in [0.2, 0.25) is 11.7 Å². The van der Waals surface area contributed by atoms with E-state index in [2.05, 4.69) is 27.3 Å². The molecule has 2 aliphatic rings. The molecule has 0 unspecified atom stereocenters. The van der Waals surface area contributed by atoms with Crippen molar-refractivity contribution in [2.75, 3.05) is 13.2 Å². The summed E-state index contributed by atoms with van der Waals surface area (Å²) in [4.78, 5) is 42.0. The first-order valence-electron chi connectivity index (χ1n) is 12.0. The summed E-state index contributed by atoms with van der Waals surface area (Å²) in [5.74, 6) is -0.769. The van der Waals surface area contributed by atoms with Crippen molar-refractivity contribution in [3.63, 3.8) is 0 Å². The number of hydrogen-bond donors (Lipinski definition) is 1. The van der Waals surface area contributed by atoms with Crippen LogP contribution in [0, 0.1) is 5.92 Å². The van der Waals surface area contributed by atoms with Gasteiger partial charge in [0.15, 0.2) is 0 Å². The number of hydrogen-bond acceptors (Lipinski definition) is 8. The van der Waals surface area contributed by atoms with Crippen molar-refractivity contribution in [1.29, 1.82) is 0 Å². The number of carbonyl (C=O) groups excluding carboxylic acids is 3. The van der Waals surface area contributed by atoms with E-state index in [1.165, 1.54) is 9.70 Å². The normalized spacial score (nSPS) is 25.2. The Kier molecular flexibility index (Phi) is 6.83. The van der Waals surface area contributed by atoms with Crippen LogP contribution in [0.5, 0.6) is 0 Å². The van der Waals surface area contributed by atoms with Gasteiger partial charge in [-0.05, 0) is 39.3 Å². The summed E-state index contributed by atoms with van der Waals surface area (Å²) >= 11 is 0. The molecule has 2 aromatic rings. The Balaban J connectivity index is 1.57. The molecule has 1 aromatic carbocycles. The van der Waals surface area contributed by atoms with Gasteiger partial charge in [0.05, 0.1) is 12.6 Å². The topological polar surface area (TPSA) is 129 Å². The molecule has 11 heteroatoms. The highest BCUT2D eigenvalue weighted by atomic mass is 16.6. The fourth-order valence-corrected chi connectivity index (χ4v) is 4.40. The Hall–Kier alpha value is -3.76. The van der Waals surface area contributed by atoms with Crippen LogP contribution >= 0.6 is 0 Å². The quantitative estimate of drug-likeness (QED) is 0.457. The number of ether oxygens (including phenoxy) is 2. The van der Waals surface area contributed by atoms with Crippen molar-refractivity contribution in [2.24, 2.45) is 5.92 Å². The summed E-state index contributed by atoms with van der Waals surface area (Å²) in [5, 5.41) is 15.6. The molecule has 0 spiro atoms. The smallest absolute Gasteiger partial charge is 0.411 e. The van der Waals surface area contributed by atoms with Gasteiger partial charge in [-0.25, -0.2) is 9.59 Å². The van der Waals surface area contributed by atoms with Crippen molar-refractivity contribution in [1.82, 2.24) is 30.4 Å². The molecule has 2 fully saturated rings. The minimum Gasteiger partial charge on any atom is -0.464 e. The highest BCUT2D eigenvalue weighted by Gasteiger charge is 2.62. The molecule has 0 bridgehead atoms. The number of aromatic nitrogens is 4. The summed E-state index contributed by atoms with van der Waals surface area (Å²) in [6, 6.07) is 8.10. The molecule has 4 atom stereocenters. The zero-order valence-corrected chi connectivity index (χ0v) is 21.0. The van der Waals surface area contributed by atoms with E-state index in [9.17, 15) is 14.4 Å². The van der Waals surface area contributed by atoms with Gasteiger partial charge in [-0.15, -0.1) is 16.8 Å². The average molecular weight is 497 g/mol. The number of nitrogens with one attached hydrogen (secondary N) is 1. The molecular weight excluding hydrogens is 464 g/mol. The van der Waals surface area contributed by atoms with E-state index in [-0.39, 0.29) is 25.5 Å². The van der Waals surface area contributed by atoms with E-state index in [1.54, 1.807) is 33.8 Å². The van der Waals surface area contributed by atoms with Crippen molar-refractivity contribution in [2.45, 2.75) is 63.8 Å². The van der Waals surface area contributed by atoms with E-state index in [4.69, 9.17) is 9.47 Å². The Morgan fingerprint density at radius 3 is 2.58 bits per heavy atom. The lowest BCUT2D eigenvalue weighted by atomic mass is 10.1. The van der Waals surface area contributed by atoms with Gasteiger partial charge in [-0.1, -0.05) is 36.4 Å². The number of amides is 2. The van der Waals surface area contributed by atoms with Crippen LogP contribution in [0.4, 0.5) is 4.79 Å². The summed E-state index contributed by atoms with van der Waals surface area (Å²) in [5.41, 5.74) is -1.11. The van der Waals surface area contributed by atoms with Gasteiger partial charge in [0.1, 0.15) is 17.2 Å². The molecule has 1 saturated heterocycles. The largest absolute Gasteiger partial charge is 0.464 e. The number of rotatable bonds is 7. The third-order valence-electron chi connectivity index (χ3n) is 6.28. The van der Waals surface area contributed by atoms with Crippen molar-refractivity contribution < 1.29 is 23.9 Å². The third-order valence-corrected chi connectivity index (χ3v) is 6.28. The van der Waals surface area contributed by atoms with Crippen LogP contribution in [0.15, 0.2) is 43.0 Å². The molecule has 1 aliphatic carbocycles. The third kappa shape index (κ3) is 5.09. The number of likely N-dealkylation sites (tertiary alicyclic amines) is 1. The Morgan fingerprint density at radius 2 is 1.97 bits per heavy atom. The highest BCUT2D eigenvalue weighted by Crippen LogP contribution is 2.46. The standard InChI is InChI=1S/C25H32N6O5/c1-6-17-14-25(17,22(33)35-7-2)26-21(32)19-13-18(15-30(19)23(34)36-24(3,4)5)31-28-20(27-29-31)16-11-9-8-10-12-16/h6,8-12,17-19H,1,7,13-15H2,2-5H3,(H,26,32)/t17-,18-,19+,25-/m1/s1. The molecule has 1 N–H and O–H groups in total. The van der Waals surface area contributed by atoms with Gasteiger partial charge >= 0.3 is 12.1 Å². The molecule has 11 nitrogen and oxygen atoms in total. The number of carbonyl (C=O) groups is 3. The van der Waals surface area contributed by atoms with Crippen LogP contribution < -0.4 is 5.32 Å². The number of benzene rings is 1. The molecule has 1 aromatic heterocycles. The predicted octanol–water partition coefficient (Wildman–Crippen LogP) is 2.51. The van der Waals surface area contributed by atoms with Gasteiger partial charge < -0.3 is 14.8 Å². The lowest BCUT2D eigenvalue weighted by molar-refractivity contribution is -0.149. The minimum absolute atomic E-state index is 0.148. The van der Waals surface area contributed by atoms with E-state index >= 15 is 0 Å². The Labute approximate surface area is 209 Å². The first-order chi connectivity index (χ1) is 17.1. The average Bonchev–Trinajstić information content (AvgIpc) is 3.16. The van der Waals surface area contributed by atoms with E-state index in [0.717, 1.165) is 5.56 Å². The van der Waals surface area contributed by atoms with Crippen molar-refractivity contribution in [3.05, 3.63) is 43.0 Å². The maximum absolute atomic E-state index is 13.5. The molecule has 4 rings (SSSR count). The Morgan fingerprint density at radius 1 is 1.25 bits per heavy atom. The van der Waals surface area contributed by atoms with Gasteiger partial charge in [0, 0.05) is 24.4 Å². The van der Waals surface area contributed by atoms with Gasteiger partial charge in [-0.2, -0.15) is 4.80 Å². The van der Waals surface area contributed by atoms with E-state index in [1.807, 2.05) is 30.3 Å². The second-order valence-electron chi connectivity index (χ2n) is 10.1. The summed E-state index contributed by atoms with van der Waals surface area (Å²) in [6.07, 6.45) is 1.63. The minimum atomic E-state index is -1.17. The molecule has 192 valence electrons. The Bertz CT molecular complexity index is 1140. The maximum Gasteiger partial charge on any atom is 0.411 e. The summed E-state index contributed by atoms with van der Waals surface area (Å²) < 4.78 is 10.8. The summed E-state index contributed by atoms with van der Waals surface area (Å²) in [7, 11) is 0. The molecule has 2 heterocycles. The fourth-order valence-electron chi connectivity index (χ4n) is 4.40. The van der Waals surface area contributed by atoms with Crippen molar-refractivity contribution >= 4 is 18.0 Å². The van der Waals surface area contributed by atoms with Gasteiger partial charge in [0.25, 0.3) is 0 Å². The zero-order chi connectivity index (χ0) is 26.1. The molecular formula is C25H32N6O5. The first-order valence-corrected chi connectivity index (χ1v) is 12.0. The lowest BCUT2D eigenvalue weighted by Crippen LogP contribution is -2.53. The van der Waals surface area contributed by atoms with Crippen LogP contribution in [-0.4, -0.2) is 73.4 Å².